The molecule has 0 saturated heterocycles. The largest absolute Gasteiger partial charge is 0.477 e. The fraction of sp³-hybridized carbons (Fsp3) is 0. The number of nitrogens with zero attached hydrogens (tertiary/aromatic N) is 1. The quantitative estimate of drug-likeness (QED) is 0.902. The molecule has 1 aromatic carbocycles. The van der Waals surface area contributed by atoms with Gasteiger partial charge in [0.25, 0.3) is 0 Å². The predicted octanol–water partition coefficient (Wildman–Crippen LogP) is 3.75. The SMILES string of the molecule is O=C(O)c1cc(-c2cc(Cl)ccc2Cl)ccn1. The lowest BCUT2D eigenvalue weighted by Gasteiger charge is -2.05. The molecule has 0 aliphatic rings. The maximum absolute atomic E-state index is 10.8. The van der Waals surface area contributed by atoms with Gasteiger partial charge in [-0.15, -0.1) is 0 Å². The van der Waals surface area contributed by atoms with E-state index >= 15 is 0 Å². The molecule has 0 fully saturated rings. The maximum Gasteiger partial charge on any atom is 0.354 e. The Bertz CT molecular complexity index is 584. The van der Waals surface area contributed by atoms with Crippen LogP contribution in [0, 0.1) is 0 Å². The summed E-state index contributed by atoms with van der Waals surface area (Å²) in [6, 6.07) is 8.17. The molecular weight excluding hydrogens is 261 g/mol. The van der Waals surface area contributed by atoms with Crippen LogP contribution in [-0.2, 0) is 0 Å². The van der Waals surface area contributed by atoms with Crippen LogP contribution in [0.25, 0.3) is 11.1 Å². The van der Waals surface area contributed by atoms with E-state index in [1.54, 1.807) is 24.3 Å². The molecule has 2 aromatic rings. The van der Waals surface area contributed by atoms with E-state index in [-0.39, 0.29) is 5.69 Å². The van der Waals surface area contributed by atoms with Crippen LogP contribution in [0.1, 0.15) is 10.5 Å². The molecule has 0 bridgehead atoms. The molecule has 0 aliphatic carbocycles. The van der Waals surface area contributed by atoms with Crippen LogP contribution >= 0.6 is 23.2 Å². The number of pyridine rings is 1. The Hall–Kier alpha value is -1.58. The molecule has 86 valence electrons. The Morgan fingerprint density at radius 2 is 1.94 bits per heavy atom. The van der Waals surface area contributed by atoms with Gasteiger partial charge in [0.2, 0.25) is 0 Å². The molecule has 2 rings (SSSR count). The van der Waals surface area contributed by atoms with Crippen LogP contribution in [0.15, 0.2) is 36.5 Å². The molecule has 0 amide bonds. The minimum absolute atomic E-state index is 0.0291. The second-order valence-corrected chi connectivity index (χ2v) is 4.20. The molecule has 0 aliphatic heterocycles. The summed E-state index contributed by atoms with van der Waals surface area (Å²) in [5.41, 5.74) is 1.33. The first-order valence-electron chi connectivity index (χ1n) is 4.72. The molecule has 0 radical (unpaired) electrons. The summed E-state index contributed by atoms with van der Waals surface area (Å²) in [6.07, 6.45) is 1.43. The van der Waals surface area contributed by atoms with Crippen molar-refractivity contribution in [2.24, 2.45) is 0 Å². The predicted molar refractivity (Wildman–Crippen MR) is 66.7 cm³/mol. The van der Waals surface area contributed by atoms with Crippen molar-refractivity contribution in [3.8, 4) is 11.1 Å². The number of hydrogen-bond donors (Lipinski definition) is 1. The van der Waals surface area contributed by atoms with E-state index in [1.165, 1.54) is 12.3 Å². The van der Waals surface area contributed by atoms with Crippen molar-refractivity contribution >= 4 is 29.2 Å². The molecule has 3 nitrogen and oxygen atoms in total. The van der Waals surface area contributed by atoms with Gasteiger partial charge >= 0.3 is 5.97 Å². The van der Waals surface area contributed by atoms with Gasteiger partial charge in [0.1, 0.15) is 5.69 Å². The normalized spacial score (nSPS) is 10.2. The average Bonchev–Trinajstić information content (AvgIpc) is 2.32. The van der Waals surface area contributed by atoms with Gasteiger partial charge in [-0.3, -0.25) is 0 Å². The number of halogens is 2. The zero-order valence-corrected chi connectivity index (χ0v) is 10.0. The Kier molecular flexibility index (Phi) is 3.31. The van der Waals surface area contributed by atoms with E-state index in [9.17, 15) is 4.79 Å². The topological polar surface area (TPSA) is 50.2 Å². The van der Waals surface area contributed by atoms with E-state index in [0.29, 0.717) is 21.2 Å². The maximum atomic E-state index is 10.8. The smallest absolute Gasteiger partial charge is 0.354 e. The zero-order valence-electron chi connectivity index (χ0n) is 8.52. The van der Waals surface area contributed by atoms with Gasteiger partial charge in [0.05, 0.1) is 0 Å². The van der Waals surface area contributed by atoms with Gasteiger partial charge in [-0.05, 0) is 35.9 Å². The number of aromatic carboxylic acids is 1. The molecule has 1 heterocycles. The van der Waals surface area contributed by atoms with E-state index in [4.69, 9.17) is 28.3 Å². The minimum atomic E-state index is -1.08. The van der Waals surface area contributed by atoms with E-state index < -0.39 is 5.97 Å². The van der Waals surface area contributed by atoms with Crippen molar-refractivity contribution in [3.63, 3.8) is 0 Å². The molecule has 5 heteroatoms. The van der Waals surface area contributed by atoms with Crippen LogP contribution in [0.3, 0.4) is 0 Å². The molecule has 0 spiro atoms. The second-order valence-electron chi connectivity index (χ2n) is 3.36. The number of benzene rings is 1. The van der Waals surface area contributed by atoms with Crippen LogP contribution in [0.5, 0.6) is 0 Å². The van der Waals surface area contributed by atoms with E-state index in [1.807, 2.05) is 0 Å². The van der Waals surface area contributed by atoms with Crippen molar-refractivity contribution in [1.29, 1.82) is 0 Å². The summed E-state index contributed by atoms with van der Waals surface area (Å²) in [5.74, 6) is -1.08. The van der Waals surface area contributed by atoms with Crippen molar-refractivity contribution in [1.82, 2.24) is 4.98 Å². The van der Waals surface area contributed by atoms with Crippen molar-refractivity contribution < 1.29 is 9.90 Å². The van der Waals surface area contributed by atoms with E-state index in [0.717, 1.165) is 0 Å². The van der Waals surface area contributed by atoms with Gasteiger partial charge in [0.15, 0.2) is 0 Å². The van der Waals surface area contributed by atoms with Crippen LogP contribution in [-0.4, -0.2) is 16.1 Å². The lowest BCUT2D eigenvalue weighted by molar-refractivity contribution is 0.0690. The molecule has 0 atom stereocenters. The highest BCUT2D eigenvalue weighted by molar-refractivity contribution is 6.35. The minimum Gasteiger partial charge on any atom is -0.477 e. The molecule has 0 saturated carbocycles. The summed E-state index contributed by atoms with van der Waals surface area (Å²) in [7, 11) is 0. The molecule has 0 unspecified atom stereocenters. The monoisotopic (exact) mass is 267 g/mol. The van der Waals surface area contributed by atoms with Crippen LogP contribution in [0.4, 0.5) is 0 Å². The number of aromatic nitrogens is 1. The fourth-order valence-corrected chi connectivity index (χ4v) is 1.83. The Morgan fingerprint density at radius 3 is 2.65 bits per heavy atom. The van der Waals surface area contributed by atoms with Crippen molar-refractivity contribution in [2.45, 2.75) is 0 Å². The highest BCUT2D eigenvalue weighted by Gasteiger charge is 2.09. The third kappa shape index (κ3) is 2.57. The number of hydrogen-bond acceptors (Lipinski definition) is 2. The van der Waals surface area contributed by atoms with Crippen molar-refractivity contribution in [3.05, 3.63) is 52.3 Å². The first-order chi connectivity index (χ1) is 8.08. The second kappa shape index (κ2) is 4.73. The number of carboxylic acids is 1. The number of carbonyl (C=O) groups is 1. The zero-order chi connectivity index (χ0) is 12.4. The molecular formula is C12H7Cl2NO2. The standard InChI is InChI=1S/C12H7Cl2NO2/c13-8-1-2-10(14)9(6-8)7-3-4-15-11(5-7)12(16)17/h1-6H,(H,16,17). The number of rotatable bonds is 2. The fourth-order valence-electron chi connectivity index (χ4n) is 1.43. The van der Waals surface area contributed by atoms with Crippen LogP contribution < -0.4 is 0 Å². The summed E-state index contributed by atoms with van der Waals surface area (Å²) >= 11 is 11.9. The van der Waals surface area contributed by atoms with E-state index in [2.05, 4.69) is 4.98 Å². The third-order valence-electron chi connectivity index (χ3n) is 2.22. The van der Waals surface area contributed by atoms with Gasteiger partial charge < -0.3 is 5.11 Å². The molecule has 1 aromatic heterocycles. The van der Waals surface area contributed by atoms with Crippen LogP contribution in [0.2, 0.25) is 10.0 Å². The molecule has 17 heavy (non-hydrogen) atoms. The van der Waals surface area contributed by atoms with Gasteiger partial charge in [-0.2, -0.15) is 0 Å². The summed E-state index contributed by atoms with van der Waals surface area (Å²) < 4.78 is 0. The molecule has 1 N–H and O–H groups in total. The number of carboxylic acid groups (broad SMARTS) is 1. The lowest BCUT2D eigenvalue weighted by atomic mass is 10.1. The average molecular weight is 268 g/mol. The van der Waals surface area contributed by atoms with Gasteiger partial charge in [-0.25, -0.2) is 9.78 Å². The van der Waals surface area contributed by atoms with Gasteiger partial charge in [0, 0.05) is 21.8 Å². The first-order valence-corrected chi connectivity index (χ1v) is 5.48. The summed E-state index contributed by atoms with van der Waals surface area (Å²) in [4.78, 5) is 14.6. The van der Waals surface area contributed by atoms with Crippen molar-refractivity contribution in [2.75, 3.05) is 0 Å². The Labute approximate surface area is 108 Å². The summed E-state index contributed by atoms with van der Waals surface area (Å²) in [5, 5.41) is 9.91. The highest BCUT2D eigenvalue weighted by Crippen LogP contribution is 2.30. The lowest BCUT2D eigenvalue weighted by Crippen LogP contribution is -1.99. The first kappa shape index (κ1) is 11.9. The van der Waals surface area contributed by atoms with Gasteiger partial charge in [-0.1, -0.05) is 23.2 Å². The Balaban J connectivity index is 2.56. The highest BCUT2D eigenvalue weighted by atomic mass is 35.5. The Morgan fingerprint density at radius 1 is 1.18 bits per heavy atom. The summed E-state index contributed by atoms with van der Waals surface area (Å²) in [6.45, 7) is 0. The third-order valence-corrected chi connectivity index (χ3v) is 2.78.